The lowest BCUT2D eigenvalue weighted by atomic mass is 10.0. The van der Waals surface area contributed by atoms with Crippen molar-refractivity contribution in [1.29, 1.82) is 0 Å². The first-order chi connectivity index (χ1) is 18.2. The zero-order valence-corrected chi connectivity index (χ0v) is 24.1. The molecule has 0 saturated heterocycles. The molecule has 0 fully saturated rings. The summed E-state index contributed by atoms with van der Waals surface area (Å²) in [6.45, 7) is 15.2. The second kappa shape index (κ2) is 9.33. The quantitative estimate of drug-likeness (QED) is 0.259. The maximum absolute atomic E-state index is 7.21. The Hall–Kier alpha value is -3.54. The lowest BCUT2D eigenvalue weighted by molar-refractivity contribution is 0.212. The second-order valence-electron chi connectivity index (χ2n) is 11.1. The summed E-state index contributed by atoms with van der Waals surface area (Å²) in [7, 11) is -3.61. The predicted octanol–water partition coefficient (Wildman–Crippen LogP) is 6.75. The monoisotopic (exact) mass is 521 g/mol. The van der Waals surface area contributed by atoms with Crippen LogP contribution >= 0.6 is 0 Å². The van der Waals surface area contributed by atoms with E-state index in [1.165, 1.54) is 33.4 Å². The predicted molar refractivity (Wildman–Crippen MR) is 154 cm³/mol. The number of nitrogens with zero attached hydrogens (tertiary/aromatic N) is 1. The molecule has 4 aromatic carbocycles. The molecular weight excluding hydrogens is 486 g/mol. The molecule has 2 bridgehead atoms. The first-order valence-electron chi connectivity index (χ1n) is 13.4. The summed E-state index contributed by atoms with van der Waals surface area (Å²) >= 11 is 0. The summed E-state index contributed by atoms with van der Waals surface area (Å²) in [5.41, 5.74) is 10.5. The highest BCUT2D eigenvalue weighted by Crippen LogP contribution is 2.40. The van der Waals surface area contributed by atoms with E-state index in [1.807, 2.05) is 18.2 Å². The Labute approximate surface area is 227 Å². The molecule has 4 nitrogen and oxygen atoms in total. The summed E-state index contributed by atoms with van der Waals surface area (Å²) < 4.78 is 21.6. The van der Waals surface area contributed by atoms with Crippen LogP contribution in [0, 0.1) is 41.5 Å². The first kappa shape index (κ1) is 24.8. The molecule has 0 radical (unpaired) electrons. The molecule has 3 aliphatic heterocycles. The SMILES string of the molecule is Cc1cc(C)c2c(c1)CN1Cc3cc(C)cc(C)c3O[Si](c3ccccc3)(O2)Oc2c(C)cc(C)cc2C1. The Kier molecular flexibility index (Phi) is 6.08. The number of benzene rings is 4. The van der Waals surface area contributed by atoms with Crippen LogP contribution in [0.15, 0.2) is 66.7 Å². The third kappa shape index (κ3) is 4.40. The van der Waals surface area contributed by atoms with Gasteiger partial charge in [0.25, 0.3) is 0 Å². The molecule has 0 saturated carbocycles. The van der Waals surface area contributed by atoms with Crippen LogP contribution in [0.4, 0.5) is 0 Å². The molecule has 38 heavy (non-hydrogen) atoms. The van der Waals surface area contributed by atoms with Gasteiger partial charge >= 0.3 is 8.80 Å². The van der Waals surface area contributed by atoms with E-state index in [0.717, 1.165) is 58.8 Å². The highest BCUT2D eigenvalue weighted by molar-refractivity contribution is 6.77. The molecule has 0 aromatic heterocycles. The Morgan fingerprint density at radius 2 is 0.895 bits per heavy atom. The molecule has 5 heteroatoms. The molecule has 0 aliphatic carbocycles. The highest BCUT2D eigenvalue weighted by atomic mass is 28.4. The van der Waals surface area contributed by atoms with Crippen LogP contribution in [0.5, 0.6) is 17.2 Å². The van der Waals surface area contributed by atoms with Crippen molar-refractivity contribution in [3.8, 4) is 17.2 Å². The van der Waals surface area contributed by atoms with Crippen molar-refractivity contribution in [2.45, 2.75) is 61.2 Å². The van der Waals surface area contributed by atoms with Crippen molar-refractivity contribution in [2.24, 2.45) is 0 Å². The van der Waals surface area contributed by atoms with Crippen LogP contribution in [0.1, 0.15) is 50.1 Å². The van der Waals surface area contributed by atoms with Crippen molar-refractivity contribution < 1.29 is 13.3 Å². The van der Waals surface area contributed by atoms with Gasteiger partial charge in [-0.3, -0.25) is 4.90 Å². The maximum atomic E-state index is 7.21. The third-order valence-corrected chi connectivity index (χ3v) is 9.97. The van der Waals surface area contributed by atoms with Crippen molar-refractivity contribution in [3.05, 3.63) is 117 Å². The van der Waals surface area contributed by atoms with Crippen molar-refractivity contribution in [1.82, 2.24) is 4.90 Å². The molecule has 7 rings (SSSR count). The fourth-order valence-electron chi connectivity index (χ4n) is 6.09. The van der Waals surface area contributed by atoms with Crippen molar-refractivity contribution in [3.63, 3.8) is 0 Å². The van der Waals surface area contributed by atoms with Gasteiger partial charge in [0.2, 0.25) is 0 Å². The highest BCUT2D eigenvalue weighted by Gasteiger charge is 2.54. The zero-order chi connectivity index (χ0) is 26.6. The van der Waals surface area contributed by atoms with E-state index in [-0.39, 0.29) is 0 Å². The summed E-state index contributed by atoms with van der Waals surface area (Å²) in [6.07, 6.45) is 0. The van der Waals surface area contributed by atoms with Gasteiger partial charge in [0.1, 0.15) is 17.2 Å². The van der Waals surface area contributed by atoms with E-state index in [2.05, 4.69) is 95.0 Å². The molecule has 0 atom stereocenters. The van der Waals surface area contributed by atoms with Crippen LogP contribution < -0.4 is 18.5 Å². The van der Waals surface area contributed by atoms with Crippen LogP contribution in [0.2, 0.25) is 0 Å². The number of rotatable bonds is 1. The van der Waals surface area contributed by atoms with Gasteiger partial charge in [-0.1, -0.05) is 83.4 Å². The van der Waals surface area contributed by atoms with E-state index in [0.29, 0.717) is 0 Å². The third-order valence-electron chi connectivity index (χ3n) is 7.51. The second-order valence-corrected chi connectivity index (χ2v) is 13.4. The molecule has 0 unspecified atom stereocenters. The summed E-state index contributed by atoms with van der Waals surface area (Å²) in [6, 6.07) is 23.6. The zero-order valence-electron chi connectivity index (χ0n) is 23.1. The Bertz CT molecular complexity index is 1390. The molecule has 3 heterocycles. The maximum Gasteiger partial charge on any atom is 0.737 e. The van der Waals surface area contributed by atoms with E-state index in [1.54, 1.807) is 0 Å². The van der Waals surface area contributed by atoms with E-state index in [9.17, 15) is 0 Å². The topological polar surface area (TPSA) is 30.9 Å². The fraction of sp³-hybridized carbons (Fsp3) is 0.273. The Balaban J connectivity index is 1.71. The Morgan fingerprint density at radius 1 is 0.526 bits per heavy atom. The lowest BCUT2D eigenvalue weighted by Gasteiger charge is -2.38. The van der Waals surface area contributed by atoms with Gasteiger partial charge in [-0.15, -0.1) is 0 Å². The summed E-state index contributed by atoms with van der Waals surface area (Å²) in [4.78, 5) is 2.49. The molecule has 4 aromatic rings. The molecular formula is C33H35NO3Si. The standard InChI is InChI=1S/C33H35NO3Si/c1-21-12-24(4)31-27(15-21)18-34-19-28-16-22(2)13-25(5)32(28)36-38(35-31,30-10-8-7-9-11-30)37-33-26(6)14-23(3)17-29(33)20-34/h7-17H,18-20H2,1-6H3. The number of aryl methyl sites for hydroxylation is 6. The molecule has 0 amide bonds. The summed E-state index contributed by atoms with van der Waals surface area (Å²) in [5, 5.41) is 0.945. The van der Waals surface area contributed by atoms with E-state index in [4.69, 9.17) is 13.3 Å². The van der Waals surface area contributed by atoms with Crippen LogP contribution in [0.25, 0.3) is 0 Å². The van der Waals surface area contributed by atoms with Crippen LogP contribution in [0.3, 0.4) is 0 Å². The van der Waals surface area contributed by atoms with Gasteiger partial charge in [0.15, 0.2) is 0 Å². The van der Waals surface area contributed by atoms with Crippen LogP contribution in [-0.2, 0) is 19.6 Å². The normalized spacial score (nSPS) is 20.0. The fourth-order valence-corrected chi connectivity index (χ4v) is 8.85. The van der Waals surface area contributed by atoms with Gasteiger partial charge in [0.05, 0.1) is 5.19 Å². The summed E-state index contributed by atoms with van der Waals surface area (Å²) in [5.74, 6) is 2.62. The van der Waals surface area contributed by atoms with E-state index < -0.39 is 8.80 Å². The Morgan fingerprint density at radius 3 is 1.26 bits per heavy atom. The average Bonchev–Trinajstić information content (AvgIpc) is 2.85. The van der Waals surface area contributed by atoms with Gasteiger partial charge in [-0.05, 0) is 58.2 Å². The molecule has 0 spiro atoms. The number of hydrogen-bond acceptors (Lipinski definition) is 4. The first-order valence-corrected chi connectivity index (χ1v) is 15.1. The minimum atomic E-state index is -3.61. The molecule has 3 aliphatic rings. The molecule has 194 valence electrons. The van der Waals surface area contributed by atoms with Gasteiger partial charge in [0, 0.05) is 36.3 Å². The molecule has 0 N–H and O–H groups in total. The van der Waals surface area contributed by atoms with Gasteiger partial charge in [-0.25, -0.2) is 0 Å². The van der Waals surface area contributed by atoms with Crippen molar-refractivity contribution in [2.75, 3.05) is 0 Å². The minimum absolute atomic E-state index is 0.774. The average molecular weight is 522 g/mol. The largest absolute Gasteiger partial charge is 0.737 e. The smallest absolute Gasteiger partial charge is 0.479 e. The van der Waals surface area contributed by atoms with Crippen LogP contribution in [-0.4, -0.2) is 13.7 Å². The van der Waals surface area contributed by atoms with Crippen molar-refractivity contribution >= 4 is 14.0 Å². The lowest BCUT2D eigenvalue weighted by Crippen LogP contribution is -2.65. The van der Waals surface area contributed by atoms with E-state index >= 15 is 0 Å². The minimum Gasteiger partial charge on any atom is -0.479 e. The van der Waals surface area contributed by atoms with Gasteiger partial charge in [-0.2, -0.15) is 0 Å². The van der Waals surface area contributed by atoms with Gasteiger partial charge < -0.3 is 13.3 Å². The number of hydrogen-bond donors (Lipinski definition) is 0.